The molecule has 0 aromatic heterocycles. The molecule has 100 valence electrons. The van der Waals surface area contributed by atoms with Crippen LogP contribution in [0.1, 0.15) is 5.56 Å². The monoisotopic (exact) mass is 341 g/mol. The summed E-state index contributed by atoms with van der Waals surface area (Å²) < 4.78 is 19.2. The first-order valence-electron chi connectivity index (χ1n) is 5.60. The molecule has 2 rings (SSSR count). The van der Waals surface area contributed by atoms with Gasteiger partial charge in [0, 0.05) is 16.3 Å². The van der Waals surface area contributed by atoms with Crippen molar-refractivity contribution in [1.29, 1.82) is 0 Å². The predicted molar refractivity (Wildman–Crippen MR) is 81.1 cm³/mol. The van der Waals surface area contributed by atoms with Crippen molar-refractivity contribution in [3.05, 3.63) is 52.3 Å². The number of nitrogen functional groups attached to an aromatic ring is 1. The van der Waals surface area contributed by atoms with Crippen LogP contribution in [-0.2, 0) is 5.75 Å². The first-order valence-corrected chi connectivity index (χ1v) is 7.38. The van der Waals surface area contributed by atoms with Gasteiger partial charge in [-0.1, -0.05) is 6.07 Å². The Hall–Kier alpha value is -1.20. The summed E-state index contributed by atoms with van der Waals surface area (Å²) in [4.78, 5) is 0.756. The van der Waals surface area contributed by atoms with E-state index in [9.17, 15) is 4.39 Å². The number of halogens is 2. The topological polar surface area (TPSA) is 35.2 Å². The second-order valence-electron chi connectivity index (χ2n) is 3.94. The van der Waals surface area contributed by atoms with Crippen molar-refractivity contribution in [2.24, 2.45) is 0 Å². The van der Waals surface area contributed by atoms with Crippen LogP contribution < -0.4 is 10.5 Å². The number of methoxy groups -OCH3 is 1. The number of thioether (sulfide) groups is 1. The van der Waals surface area contributed by atoms with Crippen LogP contribution in [0, 0.1) is 5.82 Å². The van der Waals surface area contributed by atoms with Gasteiger partial charge in [-0.2, -0.15) is 0 Å². The van der Waals surface area contributed by atoms with Crippen LogP contribution in [0.5, 0.6) is 5.75 Å². The van der Waals surface area contributed by atoms with E-state index < -0.39 is 0 Å². The summed E-state index contributed by atoms with van der Waals surface area (Å²) in [5.74, 6) is 1.24. The second kappa shape index (κ2) is 6.30. The Bertz CT molecular complexity index is 592. The Balaban J connectivity index is 2.10. The highest BCUT2D eigenvalue weighted by molar-refractivity contribution is 9.10. The van der Waals surface area contributed by atoms with Crippen molar-refractivity contribution in [2.45, 2.75) is 10.6 Å². The summed E-state index contributed by atoms with van der Waals surface area (Å²) in [7, 11) is 1.63. The lowest BCUT2D eigenvalue weighted by Gasteiger charge is -2.08. The highest BCUT2D eigenvalue weighted by Crippen LogP contribution is 2.31. The maximum absolute atomic E-state index is 13.1. The minimum Gasteiger partial charge on any atom is -0.496 e. The normalized spacial score (nSPS) is 10.5. The lowest BCUT2D eigenvalue weighted by Crippen LogP contribution is -1.91. The van der Waals surface area contributed by atoms with Gasteiger partial charge >= 0.3 is 0 Å². The van der Waals surface area contributed by atoms with E-state index in [1.807, 2.05) is 18.2 Å². The molecule has 0 aliphatic heterocycles. The summed E-state index contributed by atoms with van der Waals surface area (Å²) >= 11 is 4.95. The minimum atomic E-state index is -0.271. The Kier molecular flexibility index (Phi) is 4.71. The number of hydrogen-bond acceptors (Lipinski definition) is 3. The molecular weight excluding hydrogens is 329 g/mol. The standard InChI is InChI=1S/C14H13BrFNOS/c1-18-13-5-2-9(6-11(13)15)8-19-14-7-10(16)3-4-12(14)17/h2-7H,8,17H2,1H3. The third-order valence-corrected chi connectivity index (χ3v) is 4.35. The summed E-state index contributed by atoms with van der Waals surface area (Å²) in [6.07, 6.45) is 0. The van der Waals surface area contributed by atoms with Gasteiger partial charge in [-0.05, 0) is 51.8 Å². The Morgan fingerprint density at radius 2 is 2.05 bits per heavy atom. The van der Waals surface area contributed by atoms with Gasteiger partial charge in [0.25, 0.3) is 0 Å². The van der Waals surface area contributed by atoms with Crippen LogP contribution in [-0.4, -0.2) is 7.11 Å². The van der Waals surface area contributed by atoms with Gasteiger partial charge < -0.3 is 10.5 Å². The van der Waals surface area contributed by atoms with E-state index in [0.717, 1.165) is 26.4 Å². The fourth-order valence-corrected chi connectivity index (χ4v) is 3.11. The van der Waals surface area contributed by atoms with E-state index in [1.54, 1.807) is 13.2 Å². The molecule has 19 heavy (non-hydrogen) atoms. The van der Waals surface area contributed by atoms with Gasteiger partial charge in [-0.25, -0.2) is 4.39 Å². The molecule has 2 N–H and O–H groups in total. The van der Waals surface area contributed by atoms with Crippen molar-refractivity contribution in [2.75, 3.05) is 12.8 Å². The molecule has 0 atom stereocenters. The zero-order chi connectivity index (χ0) is 13.8. The highest BCUT2D eigenvalue weighted by Gasteiger charge is 2.05. The Morgan fingerprint density at radius 1 is 1.26 bits per heavy atom. The summed E-state index contributed by atoms with van der Waals surface area (Å²) in [5, 5.41) is 0. The number of hydrogen-bond donors (Lipinski definition) is 1. The van der Waals surface area contributed by atoms with Gasteiger partial charge in [0.1, 0.15) is 11.6 Å². The van der Waals surface area contributed by atoms with Gasteiger partial charge in [-0.15, -0.1) is 11.8 Å². The average Bonchev–Trinajstić information content (AvgIpc) is 2.40. The molecule has 0 spiro atoms. The molecule has 0 unspecified atom stereocenters. The second-order valence-corrected chi connectivity index (χ2v) is 5.81. The van der Waals surface area contributed by atoms with Crippen LogP contribution in [0.25, 0.3) is 0 Å². The molecule has 0 aliphatic rings. The van der Waals surface area contributed by atoms with E-state index in [2.05, 4.69) is 15.9 Å². The maximum atomic E-state index is 13.1. The number of ether oxygens (including phenoxy) is 1. The lowest BCUT2D eigenvalue weighted by molar-refractivity contribution is 0.412. The first-order chi connectivity index (χ1) is 9.10. The molecule has 0 heterocycles. The van der Waals surface area contributed by atoms with Crippen molar-refractivity contribution in [3.8, 4) is 5.75 Å². The molecule has 0 saturated heterocycles. The number of rotatable bonds is 4. The van der Waals surface area contributed by atoms with E-state index in [4.69, 9.17) is 10.5 Å². The molecule has 0 saturated carbocycles. The SMILES string of the molecule is COc1ccc(CSc2cc(F)ccc2N)cc1Br. The number of nitrogens with two attached hydrogens (primary N) is 1. The zero-order valence-electron chi connectivity index (χ0n) is 10.3. The first kappa shape index (κ1) is 14.2. The predicted octanol–water partition coefficient (Wildman–Crippen LogP) is 4.47. The smallest absolute Gasteiger partial charge is 0.133 e. The van der Waals surface area contributed by atoms with E-state index >= 15 is 0 Å². The van der Waals surface area contributed by atoms with Crippen molar-refractivity contribution >= 4 is 33.4 Å². The molecule has 0 amide bonds. The van der Waals surface area contributed by atoms with Gasteiger partial charge in [-0.3, -0.25) is 0 Å². The van der Waals surface area contributed by atoms with Crippen LogP contribution in [0.15, 0.2) is 45.8 Å². The number of benzene rings is 2. The maximum Gasteiger partial charge on any atom is 0.133 e. The molecule has 0 fully saturated rings. The van der Waals surface area contributed by atoms with Crippen LogP contribution in [0.2, 0.25) is 0 Å². The van der Waals surface area contributed by atoms with Crippen LogP contribution >= 0.6 is 27.7 Å². The van der Waals surface area contributed by atoms with E-state index in [1.165, 1.54) is 23.9 Å². The molecule has 5 heteroatoms. The summed E-state index contributed by atoms with van der Waals surface area (Å²) in [6.45, 7) is 0. The van der Waals surface area contributed by atoms with Crippen molar-refractivity contribution < 1.29 is 9.13 Å². The van der Waals surface area contributed by atoms with Crippen molar-refractivity contribution in [3.63, 3.8) is 0 Å². The third-order valence-electron chi connectivity index (χ3n) is 2.59. The van der Waals surface area contributed by atoms with Crippen LogP contribution in [0.4, 0.5) is 10.1 Å². The van der Waals surface area contributed by atoms with Gasteiger partial charge in [0.05, 0.1) is 11.6 Å². The third kappa shape index (κ3) is 3.64. The largest absolute Gasteiger partial charge is 0.496 e. The van der Waals surface area contributed by atoms with Gasteiger partial charge in [0.2, 0.25) is 0 Å². The average molecular weight is 342 g/mol. The number of anilines is 1. The van der Waals surface area contributed by atoms with Crippen LogP contribution in [0.3, 0.4) is 0 Å². The molecule has 2 aromatic rings. The van der Waals surface area contributed by atoms with Gasteiger partial charge in [0.15, 0.2) is 0 Å². The van der Waals surface area contributed by atoms with Crippen molar-refractivity contribution in [1.82, 2.24) is 0 Å². The fraction of sp³-hybridized carbons (Fsp3) is 0.143. The minimum absolute atomic E-state index is 0.271. The molecule has 0 bridgehead atoms. The zero-order valence-corrected chi connectivity index (χ0v) is 12.7. The quantitative estimate of drug-likeness (QED) is 0.658. The summed E-state index contributed by atoms with van der Waals surface area (Å²) in [6, 6.07) is 10.3. The highest BCUT2D eigenvalue weighted by atomic mass is 79.9. The molecular formula is C14H13BrFNOS. The molecule has 0 aliphatic carbocycles. The Morgan fingerprint density at radius 3 is 2.74 bits per heavy atom. The molecule has 2 aromatic carbocycles. The lowest BCUT2D eigenvalue weighted by atomic mass is 10.2. The summed E-state index contributed by atoms with van der Waals surface area (Å²) in [5.41, 5.74) is 7.52. The fourth-order valence-electron chi connectivity index (χ4n) is 1.59. The van der Waals surface area contributed by atoms with E-state index in [0.29, 0.717) is 5.69 Å². The molecule has 2 nitrogen and oxygen atoms in total. The van der Waals surface area contributed by atoms with E-state index in [-0.39, 0.29) is 5.82 Å². The molecule has 0 radical (unpaired) electrons. The Labute approximate surface area is 124 Å².